The van der Waals surface area contributed by atoms with Crippen LogP contribution in [0.4, 0.5) is 0 Å². The molecule has 6 N–H and O–H groups in total. The minimum Gasteiger partial charge on any atom is -0.505 e. The Morgan fingerprint density at radius 3 is 1.32 bits per heavy atom. The van der Waals surface area contributed by atoms with Crippen LogP contribution in [0.25, 0.3) is 21.8 Å². The fourth-order valence-electron chi connectivity index (χ4n) is 7.53. The van der Waals surface area contributed by atoms with Crippen molar-refractivity contribution in [3.63, 3.8) is 0 Å². The van der Waals surface area contributed by atoms with E-state index in [0.717, 1.165) is 41.2 Å². The number of pyridine rings is 2. The van der Waals surface area contributed by atoms with E-state index < -0.39 is 141 Å². The summed E-state index contributed by atoms with van der Waals surface area (Å²) >= 11 is 1.16. The van der Waals surface area contributed by atoms with Crippen molar-refractivity contribution in [3.05, 3.63) is 59.9 Å². The van der Waals surface area contributed by atoms with Gasteiger partial charge >= 0.3 is 0 Å². The van der Waals surface area contributed by atoms with E-state index in [-0.39, 0.29) is 14.4 Å². The predicted octanol–water partition coefficient (Wildman–Crippen LogP) is 1.11. The lowest BCUT2D eigenvalue weighted by atomic mass is 10.1. The molecular weight excluding hydrogens is 1070 g/mol. The molecule has 0 spiro atoms. The van der Waals surface area contributed by atoms with Crippen molar-refractivity contribution in [2.75, 3.05) is 78.5 Å². The Labute approximate surface area is 455 Å². The molecule has 2 fully saturated rings. The number of benzene rings is 2. The van der Waals surface area contributed by atoms with Gasteiger partial charge in [0, 0.05) is 64.8 Å². The lowest BCUT2D eigenvalue weighted by Gasteiger charge is -2.34. The van der Waals surface area contributed by atoms with E-state index in [9.17, 15) is 58.2 Å². The zero-order chi connectivity index (χ0) is 55.7. The van der Waals surface area contributed by atoms with Crippen LogP contribution in [0.1, 0.15) is 37.7 Å². The lowest BCUT2D eigenvalue weighted by molar-refractivity contribution is -0.145. The number of hydrogen-bond donors (Lipinski definition) is 6. The number of carbonyl (C=O) groups excluding carboxylic acids is 10. The molecular formula is C48H60N10O14S4. The van der Waals surface area contributed by atoms with E-state index in [1.54, 1.807) is 36.4 Å². The number of carbonyl (C=O) groups is 10. The minimum atomic E-state index is -1.55. The molecule has 6 atom stereocenters. The molecule has 2 saturated heterocycles. The van der Waals surface area contributed by atoms with Gasteiger partial charge in [0.25, 0.3) is 11.8 Å². The van der Waals surface area contributed by atoms with E-state index in [0.29, 0.717) is 56.8 Å². The molecule has 0 unspecified atom stereocenters. The van der Waals surface area contributed by atoms with E-state index in [4.69, 9.17) is 9.47 Å². The molecule has 6 rings (SSSR count). The van der Waals surface area contributed by atoms with Crippen LogP contribution in [-0.4, -0.2) is 212 Å². The fraction of sp³-hybridized carbons (Fsp3) is 0.417. The summed E-state index contributed by atoms with van der Waals surface area (Å²) in [6.07, 6.45) is 0. The van der Waals surface area contributed by atoms with Gasteiger partial charge in [0.2, 0.25) is 45.7 Å². The molecule has 0 radical (unpaired) electrons. The molecule has 2 aromatic carbocycles. The average molecular weight is 1130 g/mol. The Morgan fingerprint density at radius 1 is 0.592 bits per heavy atom. The molecule has 0 aliphatic carbocycles. The van der Waals surface area contributed by atoms with Crippen LogP contribution < -0.4 is 30.7 Å². The van der Waals surface area contributed by atoms with Crippen molar-refractivity contribution in [3.8, 4) is 23.0 Å². The van der Waals surface area contributed by atoms with Crippen molar-refractivity contribution in [2.24, 2.45) is 0 Å². The third kappa shape index (κ3) is 13.7. The summed E-state index contributed by atoms with van der Waals surface area (Å²) < 4.78 is 10.5. The van der Waals surface area contributed by atoms with Crippen molar-refractivity contribution in [2.45, 2.75) is 50.1 Å². The zero-order valence-corrected chi connectivity index (χ0v) is 45.7. The second kappa shape index (κ2) is 25.7. The number of thioether (sulfide) groups is 2. The molecule has 28 heteroatoms. The average Bonchev–Trinajstić information content (AvgIpc) is 3.44. The molecule has 76 heavy (non-hydrogen) atoms. The van der Waals surface area contributed by atoms with E-state index in [1.807, 2.05) is 0 Å². The third-order valence-electron chi connectivity index (χ3n) is 12.7. The van der Waals surface area contributed by atoms with Gasteiger partial charge in [0.05, 0.1) is 50.4 Å². The van der Waals surface area contributed by atoms with Gasteiger partial charge in [-0.05, 0) is 62.4 Å². The van der Waals surface area contributed by atoms with Gasteiger partial charge < -0.3 is 60.6 Å². The zero-order valence-electron chi connectivity index (χ0n) is 42.4. The normalized spacial score (nSPS) is 22.7. The maximum Gasteiger partial charge on any atom is 0.274 e. The first-order chi connectivity index (χ1) is 36.0. The monoisotopic (exact) mass is 1130 g/mol. The van der Waals surface area contributed by atoms with Crippen LogP contribution in [0.3, 0.4) is 0 Å². The fourth-order valence-corrected chi connectivity index (χ4v) is 12.0. The van der Waals surface area contributed by atoms with Crippen LogP contribution in [0.2, 0.25) is 0 Å². The lowest BCUT2D eigenvalue weighted by Crippen LogP contribution is -2.56. The summed E-state index contributed by atoms with van der Waals surface area (Å²) in [5.74, 6) is -8.22. The Hall–Kier alpha value is -7.04. The molecule has 2 aromatic heterocycles. The summed E-state index contributed by atoms with van der Waals surface area (Å²) in [6.45, 7) is 1.41. The van der Waals surface area contributed by atoms with E-state index in [1.165, 1.54) is 68.4 Å². The number of methoxy groups -OCH3 is 2. The summed E-state index contributed by atoms with van der Waals surface area (Å²) in [5, 5.41) is 31.2. The molecule has 2 aliphatic rings. The highest BCUT2D eigenvalue weighted by molar-refractivity contribution is 8.76. The van der Waals surface area contributed by atoms with E-state index >= 15 is 0 Å². The van der Waals surface area contributed by atoms with Crippen molar-refractivity contribution < 1.29 is 70.5 Å². The van der Waals surface area contributed by atoms with Gasteiger partial charge in [-0.25, -0.2) is 9.97 Å². The second-order valence-electron chi connectivity index (χ2n) is 17.4. The molecule has 0 saturated carbocycles. The van der Waals surface area contributed by atoms with Gasteiger partial charge in [-0.1, -0.05) is 45.1 Å². The number of fused-ring (bicyclic) bond motifs is 7. The van der Waals surface area contributed by atoms with Gasteiger partial charge in [-0.15, -0.1) is 0 Å². The number of likely N-dealkylation sites (N-methyl/N-ethyl adjacent to an activating group) is 4. The van der Waals surface area contributed by atoms with Crippen molar-refractivity contribution in [1.29, 1.82) is 0 Å². The molecule has 2 aliphatic heterocycles. The van der Waals surface area contributed by atoms with Crippen LogP contribution >= 0.6 is 45.1 Å². The molecule has 24 nitrogen and oxygen atoms in total. The van der Waals surface area contributed by atoms with Crippen molar-refractivity contribution >= 4 is 124 Å². The Balaban J connectivity index is 0.00000656. The van der Waals surface area contributed by atoms with Gasteiger partial charge in [0.15, 0.2) is 11.4 Å². The minimum absolute atomic E-state index is 0. The molecule has 4 heterocycles. The number of aromatic nitrogens is 2. The van der Waals surface area contributed by atoms with Gasteiger partial charge in [-0.3, -0.25) is 47.9 Å². The summed E-state index contributed by atoms with van der Waals surface area (Å²) in [7, 11) is 10.3. The summed E-state index contributed by atoms with van der Waals surface area (Å²) in [5.41, 5.74) is -0.310. The second-order valence-corrected chi connectivity index (χ2v) is 22.0. The quantitative estimate of drug-likeness (QED) is 0.147. The number of amides is 8. The predicted molar refractivity (Wildman–Crippen MR) is 290 cm³/mol. The van der Waals surface area contributed by atoms with Gasteiger partial charge in [0.1, 0.15) is 47.2 Å². The van der Waals surface area contributed by atoms with E-state index in [2.05, 4.69) is 31.2 Å². The number of nitrogens with zero attached hydrogens (tertiary/aromatic N) is 6. The largest absolute Gasteiger partial charge is 0.505 e. The first-order valence-electron chi connectivity index (χ1n) is 23.2. The Morgan fingerprint density at radius 2 is 0.961 bits per heavy atom. The highest BCUT2D eigenvalue weighted by Gasteiger charge is 2.38. The first-order valence-corrected chi connectivity index (χ1v) is 27.7. The summed E-state index contributed by atoms with van der Waals surface area (Å²) in [6, 6.07) is 3.90. The Bertz CT molecular complexity index is 2790. The number of nitrogens with one attached hydrogen (secondary N) is 4. The van der Waals surface area contributed by atoms with Crippen molar-refractivity contribution in [1.82, 2.24) is 50.8 Å². The van der Waals surface area contributed by atoms with Gasteiger partial charge in [-0.2, -0.15) is 0 Å². The maximum atomic E-state index is 14.5. The van der Waals surface area contributed by atoms with Crippen LogP contribution in [0.5, 0.6) is 23.0 Å². The highest BCUT2D eigenvalue weighted by atomic mass is 33.1. The third-order valence-corrected chi connectivity index (χ3v) is 17.3. The molecule has 4 aromatic rings. The number of hydrogen-bond acceptors (Lipinski definition) is 20. The first kappa shape index (κ1) is 58.2. The maximum absolute atomic E-state index is 14.5. The topological polar surface area (TPSA) is 316 Å². The SMILES string of the molecule is COc1ccc2nc(C(=O)N[C@@H]3CSC(=O)[C@H](C)N(C)C(=O)[C@@H]4CSSC[C@@H](C(=O)N(C)[C@@H](C)C(=O)SC[C@@H](NC(=O)c5nc6ccc(OC)cc6cc5O)C(=O)NCC(=O)N4C)N(C)C(=O)CNC3=O)c(O)cc2c1.[2HH].[2HH]. The number of rotatable bonds is 6. The number of aromatic hydroxyl groups is 2. The molecule has 2 bridgehead atoms. The standard InChI is InChI=1S/C48H56N10O14S4.2H2/c1-23-47(69)73-19-31(53-43(65)39-35(59)15-25-13-27(71-7)9-11-29(25)51-39)41(63)49-18-38(62)58(6)34-22-76-75-21-33(45(67)55(23)3)57(5)37(61)17-50-42(64)32(20-74-48(70)24(2)56(4)46(34)68)54-44(66)40-36(60)16-26-14-28(72-8)10-12-30(26)52-40;;/h9-16,23-24,31-34,59-60H,17-22H2,1-8H3,(H,49,63)(H,50,64)(H,53,65)(H,54,66);2*1H/t23-,24-,31+,32+,33-,34-;;/m0../s1/i;2*1+1. The van der Waals surface area contributed by atoms with Crippen LogP contribution in [-0.2, 0) is 38.4 Å². The highest BCUT2D eigenvalue weighted by Crippen LogP contribution is 2.30. The molecule has 8 amide bonds. The number of ether oxygens (including phenoxy) is 2. The Kier molecular flexibility index (Phi) is 19.7. The van der Waals surface area contributed by atoms with Crippen LogP contribution in [0.15, 0.2) is 48.5 Å². The van der Waals surface area contributed by atoms with Crippen LogP contribution in [0, 0.1) is 0 Å². The molecule has 410 valence electrons. The smallest absolute Gasteiger partial charge is 0.274 e. The summed E-state index contributed by atoms with van der Waals surface area (Å²) in [4.78, 5) is 153.